The van der Waals surface area contributed by atoms with Crippen LogP contribution in [0.4, 0.5) is 0 Å². The minimum absolute atomic E-state index is 0.0838. The molecule has 5 heteroatoms. The van der Waals surface area contributed by atoms with Crippen LogP contribution < -0.4 is 4.74 Å². The van der Waals surface area contributed by atoms with Crippen LogP contribution in [0.15, 0.2) is 24.3 Å². The lowest BCUT2D eigenvalue weighted by molar-refractivity contribution is -0.146. The number of hydrogen-bond donors (Lipinski definition) is 3. The first kappa shape index (κ1) is 11.5. The smallest absolute Gasteiger partial charge is 0.337 e. The van der Waals surface area contributed by atoms with E-state index in [-0.39, 0.29) is 13.2 Å². The van der Waals surface area contributed by atoms with E-state index in [9.17, 15) is 9.90 Å². The van der Waals surface area contributed by atoms with Crippen molar-refractivity contribution in [1.82, 2.24) is 0 Å². The summed E-state index contributed by atoms with van der Waals surface area (Å²) in [6.07, 6.45) is -1.52. The van der Waals surface area contributed by atoms with Crippen molar-refractivity contribution < 1.29 is 24.9 Å². The van der Waals surface area contributed by atoms with Gasteiger partial charge in [-0.3, -0.25) is 0 Å². The molecule has 0 radical (unpaired) electrons. The van der Waals surface area contributed by atoms with E-state index in [0.29, 0.717) is 11.3 Å². The average Bonchev–Trinajstić information content (AvgIpc) is 2.26. The molecular weight excluding hydrogens is 200 g/mol. The van der Waals surface area contributed by atoms with Crippen molar-refractivity contribution in [2.75, 3.05) is 13.2 Å². The van der Waals surface area contributed by atoms with Crippen LogP contribution in [-0.2, 0) is 4.79 Å². The van der Waals surface area contributed by atoms with E-state index in [2.05, 4.69) is 0 Å². The largest absolute Gasteiger partial charge is 0.491 e. The molecule has 0 unspecified atom stereocenters. The summed E-state index contributed by atoms with van der Waals surface area (Å²) in [5, 5.41) is 26.2. The summed E-state index contributed by atoms with van der Waals surface area (Å²) < 4.78 is 5.07. The third-order valence-corrected chi connectivity index (χ3v) is 1.79. The van der Waals surface area contributed by atoms with Gasteiger partial charge < -0.3 is 20.1 Å². The molecule has 0 amide bonds. The number of rotatable bonds is 5. The molecule has 0 saturated carbocycles. The van der Waals surface area contributed by atoms with Crippen molar-refractivity contribution in [2.45, 2.75) is 6.10 Å². The predicted molar refractivity (Wildman–Crippen MR) is 51.6 cm³/mol. The van der Waals surface area contributed by atoms with Gasteiger partial charge in [0.05, 0.1) is 6.61 Å². The molecule has 1 aromatic carbocycles. The third kappa shape index (κ3) is 3.23. The molecule has 82 valence electrons. The van der Waals surface area contributed by atoms with Gasteiger partial charge in [-0.2, -0.15) is 0 Å². The summed E-state index contributed by atoms with van der Waals surface area (Å²) in [6, 6.07) is 6.01. The van der Waals surface area contributed by atoms with Crippen LogP contribution in [0.1, 0.15) is 11.7 Å². The first-order valence-electron chi connectivity index (χ1n) is 4.39. The lowest BCUT2D eigenvalue weighted by Crippen LogP contribution is -2.10. The van der Waals surface area contributed by atoms with Gasteiger partial charge in [-0.1, -0.05) is 12.1 Å². The number of ether oxygens (including phenoxy) is 1. The highest BCUT2D eigenvalue weighted by Crippen LogP contribution is 2.17. The van der Waals surface area contributed by atoms with Gasteiger partial charge in [-0.25, -0.2) is 4.79 Å². The van der Waals surface area contributed by atoms with Gasteiger partial charge in [-0.15, -0.1) is 0 Å². The molecular formula is C10H12O5. The molecule has 1 atom stereocenters. The summed E-state index contributed by atoms with van der Waals surface area (Å²) >= 11 is 0. The number of carboxylic acids is 1. The minimum Gasteiger partial charge on any atom is -0.491 e. The number of aliphatic hydroxyl groups excluding tert-OH is 2. The summed E-state index contributed by atoms with van der Waals surface area (Å²) in [5.74, 6) is -0.774. The van der Waals surface area contributed by atoms with Crippen LogP contribution in [0.2, 0.25) is 0 Å². The van der Waals surface area contributed by atoms with Gasteiger partial charge in [0.1, 0.15) is 12.4 Å². The second-order valence-electron chi connectivity index (χ2n) is 2.88. The maximum atomic E-state index is 10.4. The Morgan fingerprint density at radius 2 is 1.93 bits per heavy atom. The van der Waals surface area contributed by atoms with Crippen molar-refractivity contribution >= 4 is 5.97 Å². The van der Waals surface area contributed by atoms with Crippen LogP contribution in [0, 0.1) is 0 Å². The van der Waals surface area contributed by atoms with E-state index < -0.39 is 12.1 Å². The van der Waals surface area contributed by atoms with Crippen LogP contribution >= 0.6 is 0 Å². The SMILES string of the molecule is O=C(O)[C@H](O)c1ccc(OCCO)cc1. The average molecular weight is 212 g/mol. The zero-order valence-corrected chi connectivity index (χ0v) is 7.96. The first-order valence-corrected chi connectivity index (χ1v) is 4.39. The normalized spacial score (nSPS) is 12.1. The lowest BCUT2D eigenvalue weighted by Gasteiger charge is -2.07. The summed E-state index contributed by atoms with van der Waals surface area (Å²) in [4.78, 5) is 10.4. The Balaban J connectivity index is 2.67. The topological polar surface area (TPSA) is 87.0 Å². The van der Waals surface area contributed by atoms with Gasteiger partial charge in [-0.05, 0) is 17.7 Å². The van der Waals surface area contributed by atoms with E-state index in [1.54, 1.807) is 0 Å². The highest BCUT2D eigenvalue weighted by Gasteiger charge is 2.15. The van der Waals surface area contributed by atoms with E-state index in [1.807, 2.05) is 0 Å². The molecule has 3 N–H and O–H groups in total. The van der Waals surface area contributed by atoms with Crippen LogP contribution in [0.5, 0.6) is 5.75 Å². The van der Waals surface area contributed by atoms with Gasteiger partial charge in [0.2, 0.25) is 0 Å². The molecule has 1 rings (SSSR count). The van der Waals surface area contributed by atoms with Crippen molar-refractivity contribution in [3.8, 4) is 5.75 Å². The number of hydrogen-bond acceptors (Lipinski definition) is 4. The summed E-state index contributed by atoms with van der Waals surface area (Å²) in [7, 11) is 0. The Kier molecular flexibility index (Phi) is 4.08. The second-order valence-corrected chi connectivity index (χ2v) is 2.88. The van der Waals surface area contributed by atoms with Gasteiger partial charge in [0, 0.05) is 0 Å². The number of carboxylic acid groups (broad SMARTS) is 1. The number of benzene rings is 1. The number of carbonyl (C=O) groups is 1. The van der Waals surface area contributed by atoms with Gasteiger partial charge in [0.15, 0.2) is 6.10 Å². The molecule has 0 bridgehead atoms. The van der Waals surface area contributed by atoms with E-state index >= 15 is 0 Å². The Morgan fingerprint density at radius 3 is 2.40 bits per heavy atom. The Morgan fingerprint density at radius 1 is 1.33 bits per heavy atom. The molecule has 0 aliphatic rings. The van der Waals surface area contributed by atoms with E-state index in [4.69, 9.17) is 14.9 Å². The minimum atomic E-state index is -1.52. The molecule has 0 saturated heterocycles. The summed E-state index contributed by atoms with van der Waals surface area (Å²) in [5.41, 5.74) is 0.291. The molecule has 0 aliphatic heterocycles. The van der Waals surface area contributed by atoms with Gasteiger partial charge in [0.25, 0.3) is 0 Å². The quantitative estimate of drug-likeness (QED) is 0.648. The Labute approximate surface area is 86.5 Å². The highest BCUT2D eigenvalue weighted by atomic mass is 16.5. The predicted octanol–water partition coefficient (Wildman–Crippen LogP) is 0.176. The molecule has 0 aliphatic carbocycles. The fourth-order valence-electron chi connectivity index (χ4n) is 1.05. The lowest BCUT2D eigenvalue weighted by atomic mass is 10.1. The number of aliphatic carboxylic acids is 1. The molecule has 15 heavy (non-hydrogen) atoms. The monoisotopic (exact) mass is 212 g/mol. The second kappa shape index (κ2) is 5.33. The van der Waals surface area contributed by atoms with Crippen LogP contribution in [-0.4, -0.2) is 34.5 Å². The molecule has 0 heterocycles. The standard InChI is InChI=1S/C10H12O5/c11-5-6-15-8-3-1-7(2-4-8)9(12)10(13)14/h1-4,9,11-12H,5-6H2,(H,13,14)/t9-/m1/s1. The molecule has 0 fully saturated rings. The molecule has 1 aromatic rings. The van der Waals surface area contributed by atoms with E-state index in [1.165, 1.54) is 24.3 Å². The Bertz CT molecular complexity index is 319. The third-order valence-electron chi connectivity index (χ3n) is 1.79. The maximum absolute atomic E-state index is 10.4. The zero-order chi connectivity index (χ0) is 11.3. The molecule has 0 spiro atoms. The van der Waals surface area contributed by atoms with Crippen LogP contribution in [0.25, 0.3) is 0 Å². The van der Waals surface area contributed by atoms with Crippen LogP contribution in [0.3, 0.4) is 0 Å². The fraction of sp³-hybridized carbons (Fsp3) is 0.300. The van der Waals surface area contributed by atoms with Crippen molar-refractivity contribution in [1.29, 1.82) is 0 Å². The molecule has 5 nitrogen and oxygen atoms in total. The van der Waals surface area contributed by atoms with Crippen molar-refractivity contribution in [3.63, 3.8) is 0 Å². The van der Waals surface area contributed by atoms with Crippen molar-refractivity contribution in [2.24, 2.45) is 0 Å². The highest BCUT2D eigenvalue weighted by molar-refractivity contribution is 5.74. The maximum Gasteiger partial charge on any atom is 0.337 e. The summed E-state index contributed by atoms with van der Waals surface area (Å²) in [6.45, 7) is 0.0976. The van der Waals surface area contributed by atoms with Crippen molar-refractivity contribution in [3.05, 3.63) is 29.8 Å². The zero-order valence-electron chi connectivity index (χ0n) is 7.96. The van der Waals surface area contributed by atoms with Gasteiger partial charge >= 0.3 is 5.97 Å². The fourth-order valence-corrected chi connectivity index (χ4v) is 1.05. The van der Waals surface area contributed by atoms with E-state index in [0.717, 1.165) is 0 Å². The first-order chi connectivity index (χ1) is 7.15. The molecule has 0 aromatic heterocycles. The Hall–Kier alpha value is -1.59. The number of aliphatic hydroxyl groups is 2.